The van der Waals surface area contributed by atoms with Crippen molar-refractivity contribution in [3.05, 3.63) is 60.2 Å². The second kappa shape index (κ2) is 8.61. The van der Waals surface area contributed by atoms with Gasteiger partial charge in [0.25, 0.3) is 0 Å². The van der Waals surface area contributed by atoms with Crippen LogP contribution in [0.1, 0.15) is 31.7 Å². The second-order valence-electron chi connectivity index (χ2n) is 4.54. The normalized spacial score (nSPS) is 10.6. The van der Waals surface area contributed by atoms with E-state index in [0.29, 0.717) is 26.3 Å². The van der Waals surface area contributed by atoms with E-state index >= 15 is 0 Å². The molecular weight excluding hydrogens is 362 g/mol. The molecule has 0 aliphatic heterocycles. The summed E-state index contributed by atoms with van der Waals surface area (Å²) in [4.78, 5) is 0. The summed E-state index contributed by atoms with van der Waals surface area (Å²) in [6.45, 7) is 2.27. The van der Waals surface area contributed by atoms with E-state index in [9.17, 15) is 0 Å². The fourth-order valence-electron chi connectivity index (χ4n) is 1.93. The number of hydrogen-bond donors (Lipinski definition) is 0. The van der Waals surface area contributed by atoms with Crippen molar-refractivity contribution >= 4 is 35.2 Å². The first-order valence-corrected chi connectivity index (χ1v) is 12.9. The first-order chi connectivity index (χ1) is 9.40. The third-order valence-corrected chi connectivity index (χ3v) is 10.3. The minimum absolute atomic E-state index is 0.620. The molecule has 0 atom stereocenters. The fraction of sp³-hybridized carbons (Fsp3) is 0.294. The van der Waals surface area contributed by atoms with E-state index in [0.717, 1.165) is 0 Å². The number of rotatable bonds is 7. The van der Waals surface area contributed by atoms with E-state index in [-0.39, 0.29) is 0 Å². The summed E-state index contributed by atoms with van der Waals surface area (Å²) in [5, 5.41) is 0. The zero-order valence-electron chi connectivity index (χ0n) is 11.3. The van der Waals surface area contributed by atoms with Gasteiger partial charge in [-0.3, -0.25) is 0 Å². The summed E-state index contributed by atoms with van der Waals surface area (Å²) >= 11 is 1.24. The zero-order chi connectivity index (χ0) is 13.3. The molecular formula is C17H20Se2. The molecule has 0 aromatic heterocycles. The molecule has 2 aromatic carbocycles. The van der Waals surface area contributed by atoms with Gasteiger partial charge in [0.05, 0.1) is 0 Å². The number of benzene rings is 2. The van der Waals surface area contributed by atoms with Crippen LogP contribution in [0.5, 0.6) is 0 Å². The molecule has 0 saturated carbocycles. The quantitative estimate of drug-likeness (QED) is 0.510. The molecule has 0 nitrogen and oxygen atoms in total. The average Bonchev–Trinajstić information content (AvgIpc) is 2.48. The van der Waals surface area contributed by atoms with Gasteiger partial charge >= 0.3 is 128 Å². The van der Waals surface area contributed by atoms with E-state index in [1.165, 1.54) is 30.1 Å². The predicted octanol–water partition coefficient (Wildman–Crippen LogP) is 2.69. The van der Waals surface area contributed by atoms with E-state index in [1.54, 1.807) is 10.0 Å². The third kappa shape index (κ3) is 5.16. The summed E-state index contributed by atoms with van der Waals surface area (Å²) in [6.07, 6.45) is 5.25. The van der Waals surface area contributed by atoms with Gasteiger partial charge in [0.1, 0.15) is 0 Å². The molecule has 0 unspecified atom stereocenters. The van der Waals surface area contributed by atoms with Gasteiger partial charge in [0.15, 0.2) is 0 Å². The van der Waals surface area contributed by atoms with Gasteiger partial charge in [0.2, 0.25) is 0 Å². The van der Waals surface area contributed by atoms with Crippen LogP contribution < -0.4 is 8.92 Å². The van der Waals surface area contributed by atoms with E-state index in [4.69, 9.17) is 0 Å². The van der Waals surface area contributed by atoms with Crippen LogP contribution in [-0.2, 0) is 6.42 Å². The van der Waals surface area contributed by atoms with Crippen LogP contribution in [0.3, 0.4) is 0 Å². The van der Waals surface area contributed by atoms with Crippen LogP contribution >= 0.6 is 0 Å². The summed E-state index contributed by atoms with van der Waals surface area (Å²) in [5.74, 6) is 0. The number of unbranched alkanes of at least 4 members (excludes halogenated alkanes) is 2. The molecule has 0 fully saturated rings. The molecule has 0 aliphatic carbocycles. The standard InChI is InChI=1S/C17H20Se2/c1-2-3-5-10-15-11-8-9-14-17(15)19-18-16-12-6-4-7-13-16/h4,6-9,11-14H,2-3,5,10H2,1H3. The molecule has 0 heterocycles. The molecule has 2 aromatic rings. The summed E-state index contributed by atoms with van der Waals surface area (Å²) in [6, 6.07) is 20.0. The summed E-state index contributed by atoms with van der Waals surface area (Å²) in [5.41, 5.74) is 1.59. The van der Waals surface area contributed by atoms with Crippen LogP contribution in [0.15, 0.2) is 54.6 Å². The maximum atomic E-state index is 2.34. The first kappa shape index (κ1) is 14.9. The number of aryl methyl sites for hydroxylation is 1. The van der Waals surface area contributed by atoms with Crippen molar-refractivity contribution in [2.45, 2.75) is 32.6 Å². The molecule has 19 heavy (non-hydrogen) atoms. The van der Waals surface area contributed by atoms with E-state index in [2.05, 4.69) is 61.5 Å². The fourth-order valence-corrected chi connectivity index (χ4v) is 8.75. The number of hydrogen-bond acceptors (Lipinski definition) is 0. The second-order valence-corrected chi connectivity index (χ2v) is 10.8. The Hall–Kier alpha value is -0.521. The zero-order valence-corrected chi connectivity index (χ0v) is 14.8. The summed E-state index contributed by atoms with van der Waals surface area (Å²) < 4.78 is 3.15. The molecule has 0 aliphatic rings. The van der Waals surface area contributed by atoms with Crippen molar-refractivity contribution in [1.29, 1.82) is 0 Å². The van der Waals surface area contributed by atoms with Crippen molar-refractivity contribution < 1.29 is 0 Å². The Morgan fingerprint density at radius 1 is 0.789 bits per heavy atom. The topological polar surface area (TPSA) is 0 Å². The third-order valence-electron chi connectivity index (χ3n) is 2.99. The molecule has 2 heteroatoms. The minimum atomic E-state index is 0.620. The van der Waals surface area contributed by atoms with Crippen LogP contribution in [0.4, 0.5) is 0 Å². The predicted molar refractivity (Wildman–Crippen MR) is 86.9 cm³/mol. The molecule has 0 amide bonds. The Bertz CT molecular complexity index is 480. The van der Waals surface area contributed by atoms with Gasteiger partial charge < -0.3 is 0 Å². The molecule has 0 saturated heterocycles. The Kier molecular flexibility index (Phi) is 6.74. The molecule has 2 rings (SSSR count). The van der Waals surface area contributed by atoms with E-state index < -0.39 is 0 Å². The van der Waals surface area contributed by atoms with Crippen molar-refractivity contribution in [3.8, 4) is 0 Å². The molecule has 0 radical (unpaired) electrons. The van der Waals surface area contributed by atoms with Gasteiger partial charge in [0, 0.05) is 0 Å². The Labute approximate surface area is 127 Å². The van der Waals surface area contributed by atoms with Gasteiger partial charge in [-0.15, -0.1) is 0 Å². The van der Waals surface area contributed by atoms with Crippen molar-refractivity contribution in [1.82, 2.24) is 0 Å². The maximum absolute atomic E-state index is 2.34. The van der Waals surface area contributed by atoms with Crippen LogP contribution in [0.25, 0.3) is 0 Å². The summed E-state index contributed by atoms with van der Waals surface area (Å²) in [7, 11) is 0. The Morgan fingerprint density at radius 3 is 2.32 bits per heavy atom. The van der Waals surface area contributed by atoms with Gasteiger partial charge in [-0.2, -0.15) is 0 Å². The first-order valence-electron chi connectivity index (χ1n) is 6.87. The molecule has 0 spiro atoms. The van der Waals surface area contributed by atoms with Crippen LogP contribution in [0.2, 0.25) is 0 Å². The monoisotopic (exact) mass is 384 g/mol. The van der Waals surface area contributed by atoms with Gasteiger partial charge in [-0.25, -0.2) is 0 Å². The molecule has 100 valence electrons. The molecule has 0 N–H and O–H groups in total. The van der Waals surface area contributed by atoms with Gasteiger partial charge in [-0.05, 0) is 0 Å². The van der Waals surface area contributed by atoms with Crippen molar-refractivity contribution in [2.24, 2.45) is 0 Å². The van der Waals surface area contributed by atoms with Crippen LogP contribution in [0, 0.1) is 0 Å². The SMILES string of the molecule is CCCCCc1ccccc1[Se][Se]c1ccccc1. The van der Waals surface area contributed by atoms with Gasteiger partial charge in [-0.1, -0.05) is 0 Å². The van der Waals surface area contributed by atoms with E-state index in [1.807, 2.05) is 0 Å². The molecule has 0 bridgehead atoms. The van der Waals surface area contributed by atoms with Crippen LogP contribution in [-0.4, -0.2) is 26.3 Å². The van der Waals surface area contributed by atoms with Crippen molar-refractivity contribution in [3.63, 3.8) is 0 Å². The average molecular weight is 382 g/mol. The Morgan fingerprint density at radius 2 is 1.53 bits per heavy atom. The Balaban J connectivity index is 1.95. The van der Waals surface area contributed by atoms with Crippen molar-refractivity contribution in [2.75, 3.05) is 0 Å².